The van der Waals surface area contributed by atoms with Crippen molar-refractivity contribution in [2.45, 2.75) is 37.6 Å². The maximum atomic E-state index is 4.45. The molecule has 0 bridgehead atoms. The number of hydrogen-bond donors (Lipinski definition) is 1. The molecule has 0 amide bonds. The summed E-state index contributed by atoms with van der Waals surface area (Å²) in [5.74, 6) is 1.07. The molecule has 2 nitrogen and oxygen atoms in total. The SMILES string of the molecule is CCCNC(CSc1cccc(C)c1)Cc1ccccn1. The molecular weight excluding hydrogens is 276 g/mol. The van der Waals surface area contributed by atoms with E-state index < -0.39 is 0 Å². The predicted octanol–water partition coefficient (Wildman–Crippen LogP) is 4.09. The van der Waals surface area contributed by atoms with Crippen molar-refractivity contribution >= 4 is 11.8 Å². The summed E-state index contributed by atoms with van der Waals surface area (Å²) >= 11 is 1.92. The lowest BCUT2D eigenvalue weighted by Gasteiger charge is -2.18. The first kappa shape index (κ1) is 16.1. The number of rotatable bonds is 8. The predicted molar refractivity (Wildman–Crippen MR) is 91.9 cm³/mol. The number of benzene rings is 1. The number of hydrogen-bond acceptors (Lipinski definition) is 3. The molecule has 0 aliphatic heterocycles. The number of aryl methyl sites for hydroxylation is 1. The Morgan fingerprint density at radius 2 is 2.10 bits per heavy atom. The van der Waals surface area contributed by atoms with Crippen molar-refractivity contribution in [3.8, 4) is 0 Å². The Balaban J connectivity index is 1.92. The normalized spacial score (nSPS) is 12.3. The van der Waals surface area contributed by atoms with Crippen LogP contribution in [0.4, 0.5) is 0 Å². The first-order valence-electron chi connectivity index (χ1n) is 7.60. The summed E-state index contributed by atoms with van der Waals surface area (Å²) in [5.41, 5.74) is 2.48. The maximum absolute atomic E-state index is 4.45. The van der Waals surface area contributed by atoms with Crippen LogP contribution in [0, 0.1) is 6.92 Å². The average Bonchev–Trinajstić information content (AvgIpc) is 2.51. The van der Waals surface area contributed by atoms with E-state index in [9.17, 15) is 0 Å². The zero-order chi connectivity index (χ0) is 14.9. The lowest BCUT2D eigenvalue weighted by Crippen LogP contribution is -2.34. The molecular formula is C18H24N2S. The van der Waals surface area contributed by atoms with Crippen LogP contribution in [0.25, 0.3) is 0 Å². The van der Waals surface area contributed by atoms with Crippen LogP contribution in [-0.2, 0) is 6.42 Å². The number of pyridine rings is 1. The van der Waals surface area contributed by atoms with Gasteiger partial charge in [0.25, 0.3) is 0 Å². The third kappa shape index (κ3) is 5.90. The molecule has 1 heterocycles. The first-order valence-corrected chi connectivity index (χ1v) is 8.59. The summed E-state index contributed by atoms with van der Waals surface area (Å²) in [5, 5.41) is 3.64. The van der Waals surface area contributed by atoms with Gasteiger partial charge in [0.05, 0.1) is 0 Å². The quantitative estimate of drug-likeness (QED) is 0.743. The number of nitrogens with zero attached hydrogens (tertiary/aromatic N) is 1. The zero-order valence-corrected chi connectivity index (χ0v) is 13.7. The lowest BCUT2D eigenvalue weighted by atomic mass is 10.1. The summed E-state index contributed by atoms with van der Waals surface area (Å²) in [4.78, 5) is 5.79. The van der Waals surface area contributed by atoms with Crippen molar-refractivity contribution in [1.82, 2.24) is 10.3 Å². The Bertz CT molecular complexity index is 528. The summed E-state index contributed by atoms with van der Waals surface area (Å²) in [7, 11) is 0. The van der Waals surface area contributed by atoms with Crippen LogP contribution in [0.15, 0.2) is 53.6 Å². The third-order valence-corrected chi connectivity index (χ3v) is 4.46. The molecule has 2 aromatic rings. The standard InChI is InChI=1S/C18H24N2S/c1-3-10-19-17(13-16-8-4-5-11-20-16)14-21-18-9-6-7-15(2)12-18/h4-9,11-12,17,19H,3,10,13-14H2,1-2H3. The van der Waals surface area contributed by atoms with Crippen LogP contribution in [0.2, 0.25) is 0 Å². The first-order chi connectivity index (χ1) is 10.3. The smallest absolute Gasteiger partial charge is 0.0419 e. The van der Waals surface area contributed by atoms with E-state index in [4.69, 9.17) is 0 Å². The van der Waals surface area contributed by atoms with Gasteiger partial charge >= 0.3 is 0 Å². The van der Waals surface area contributed by atoms with E-state index in [2.05, 4.69) is 60.5 Å². The average molecular weight is 300 g/mol. The van der Waals surface area contributed by atoms with Crippen molar-refractivity contribution in [3.05, 3.63) is 59.9 Å². The molecule has 21 heavy (non-hydrogen) atoms. The van der Waals surface area contributed by atoms with Crippen LogP contribution in [-0.4, -0.2) is 23.3 Å². The van der Waals surface area contributed by atoms with Gasteiger partial charge in [-0.1, -0.05) is 30.7 Å². The fourth-order valence-electron chi connectivity index (χ4n) is 2.21. The van der Waals surface area contributed by atoms with Crippen LogP contribution in [0.3, 0.4) is 0 Å². The van der Waals surface area contributed by atoms with E-state index in [1.165, 1.54) is 10.5 Å². The molecule has 0 fully saturated rings. The van der Waals surface area contributed by atoms with Gasteiger partial charge in [0.15, 0.2) is 0 Å². The molecule has 1 atom stereocenters. The molecule has 0 spiro atoms. The van der Waals surface area contributed by atoms with E-state index >= 15 is 0 Å². The fourth-order valence-corrected chi connectivity index (χ4v) is 3.29. The van der Waals surface area contributed by atoms with Gasteiger partial charge in [0.2, 0.25) is 0 Å². The van der Waals surface area contributed by atoms with Crippen LogP contribution >= 0.6 is 11.8 Å². The van der Waals surface area contributed by atoms with E-state index in [0.717, 1.165) is 30.8 Å². The molecule has 3 heteroatoms. The van der Waals surface area contributed by atoms with E-state index in [0.29, 0.717) is 6.04 Å². The summed E-state index contributed by atoms with van der Waals surface area (Å²) in [6.45, 7) is 5.41. The highest BCUT2D eigenvalue weighted by Gasteiger charge is 2.10. The van der Waals surface area contributed by atoms with Gasteiger partial charge in [-0.25, -0.2) is 0 Å². The summed E-state index contributed by atoms with van der Waals surface area (Å²) < 4.78 is 0. The minimum atomic E-state index is 0.463. The highest BCUT2D eigenvalue weighted by atomic mass is 32.2. The molecule has 1 aromatic carbocycles. The topological polar surface area (TPSA) is 24.9 Å². The van der Waals surface area contributed by atoms with Gasteiger partial charge in [-0.15, -0.1) is 11.8 Å². The molecule has 0 aliphatic carbocycles. The Hall–Kier alpha value is -1.32. The molecule has 0 radical (unpaired) electrons. The molecule has 0 saturated carbocycles. The second kappa shape index (κ2) is 8.85. The van der Waals surface area contributed by atoms with Crippen molar-refractivity contribution < 1.29 is 0 Å². The Morgan fingerprint density at radius 1 is 1.19 bits per heavy atom. The Morgan fingerprint density at radius 3 is 2.81 bits per heavy atom. The monoisotopic (exact) mass is 300 g/mol. The largest absolute Gasteiger partial charge is 0.313 e. The van der Waals surface area contributed by atoms with E-state index in [-0.39, 0.29) is 0 Å². The summed E-state index contributed by atoms with van der Waals surface area (Å²) in [6.07, 6.45) is 4.02. The van der Waals surface area contributed by atoms with Crippen molar-refractivity contribution in [2.24, 2.45) is 0 Å². The zero-order valence-electron chi connectivity index (χ0n) is 12.9. The molecule has 1 N–H and O–H groups in total. The van der Waals surface area contributed by atoms with Crippen molar-refractivity contribution in [1.29, 1.82) is 0 Å². The number of nitrogens with one attached hydrogen (secondary N) is 1. The maximum Gasteiger partial charge on any atom is 0.0419 e. The van der Waals surface area contributed by atoms with Gasteiger partial charge in [0, 0.05) is 35.0 Å². The van der Waals surface area contributed by atoms with Crippen LogP contribution in [0.1, 0.15) is 24.6 Å². The minimum Gasteiger partial charge on any atom is -0.313 e. The highest BCUT2D eigenvalue weighted by Crippen LogP contribution is 2.20. The molecule has 0 saturated heterocycles. The van der Waals surface area contributed by atoms with Gasteiger partial charge in [0.1, 0.15) is 0 Å². The van der Waals surface area contributed by atoms with Crippen LogP contribution in [0.5, 0.6) is 0 Å². The lowest BCUT2D eigenvalue weighted by molar-refractivity contribution is 0.545. The van der Waals surface area contributed by atoms with E-state index in [1.807, 2.05) is 24.0 Å². The number of thioether (sulfide) groups is 1. The molecule has 0 aliphatic rings. The van der Waals surface area contributed by atoms with Gasteiger partial charge in [-0.3, -0.25) is 4.98 Å². The second-order valence-electron chi connectivity index (χ2n) is 5.30. The minimum absolute atomic E-state index is 0.463. The fraction of sp³-hybridized carbons (Fsp3) is 0.389. The van der Waals surface area contributed by atoms with Crippen LogP contribution < -0.4 is 5.32 Å². The third-order valence-electron chi connectivity index (χ3n) is 3.31. The van der Waals surface area contributed by atoms with Gasteiger partial charge < -0.3 is 5.32 Å². The van der Waals surface area contributed by atoms with Crippen molar-refractivity contribution in [3.63, 3.8) is 0 Å². The number of aromatic nitrogens is 1. The van der Waals surface area contributed by atoms with E-state index in [1.54, 1.807) is 0 Å². The van der Waals surface area contributed by atoms with Gasteiger partial charge in [-0.2, -0.15) is 0 Å². The second-order valence-corrected chi connectivity index (χ2v) is 6.40. The molecule has 1 unspecified atom stereocenters. The summed E-state index contributed by atoms with van der Waals surface area (Å²) in [6, 6.07) is 15.3. The van der Waals surface area contributed by atoms with Crippen molar-refractivity contribution in [2.75, 3.05) is 12.3 Å². The molecule has 1 aromatic heterocycles. The molecule has 112 valence electrons. The highest BCUT2D eigenvalue weighted by molar-refractivity contribution is 7.99. The van der Waals surface area contributed by atoms with Gasteiger partial charge in [-0.05, 0) is 44.2 Å². The Labute approximate surface area is 132 Å². The molecule has 2 rings (SSSR count). The Kier molecular flexibility index (Phi) is 6.77.